The van der Waals surface area contributed by atoms with Crippen molar-refractivity contribution in [3.8, 4) is 0 Å². The molecule has 2 nitrogen and oxygen atoms in total. The lowest BCUT2D eigenvalue weighted by Gasteiger charge is -2.07. The lowest BCUT2D eigenvalue weighted by molar-refractivity contribution is 0.0472. The number of hydrogen-bond donors (Lipinski definition) is 0. The van der Waals surface area contributed by atoms with Crippen LogP contribution in [0.25, 0.3) is 0 Å². The van der Waals surface area contributed by atoms with Crippen molar-refractivity contribution in [1.82, 2.24) is 0 Å². The normalized spacial score (nSPS) is 10.1. The molecule has 3 heteroatoms. The first-order valence-corrected chi connectivity index (χ1v) is 6.02. The Morgan fingerprint density at radius 2 is 1.89 bits per heavy atom. The lowest BCUT2D eigenvalue weighted by atomic mass is 10.1. The predicted molar refractivity (Wildman–Crippen MR) is 71.8 cm³/mol. The molecule has 2 aromatic carbocycles. The number of carbonyl (C=O) groups is 1. The number of ether oxygens (including phenoxy) is 1. The summed E-state index contributed by atoms with van der Waals surface area (Å²) >= 11 is 5.87. The van der Waals surface area contributed by atoms with E-state index in [4.69, 9.17) is 16.3 Å². The summed E-state index contributed by atoms with van der Waals surface area (Å²) in [7, 11) is 0. The molecule has 92 valence electrons. The van der Waals surface area contributed by atoms with E-state index in [0.717, 1.165) is 11.1 Å². The molecule has 0 fully saturated rings. The average Bonchev–Trinajstić information content (AvgIpc) is 2.40. The van der Waals surface area contributed by atoms with Gasteiger partial charge in [0.25, 0.3) is 0 Å². The molecule has 2 aromatic rings. The molecule has 0 bridgehead atoms. The van der Waals surface area contributed by atoms with E-state index in [-0.39, 0.29) is 12.6 Å². The van der Waals surface area contributed by atoms with Crippen LogP contribution in [0.5, 0.6) is 0 Å². The second kappa shape index (κ2) is 5.69. The third kappa shape index (κ3) is 3.11. The second-order valence-electron chi connectivity index (χ2n) is 4.02. The van der Waals surface area contributed by atoms with Crippen molar-refractivity contribution in [3.05, 3.63) is 70.2 Å². The smallest absolute Gasteiger partial charge is 0.338 e. The summed E-state index contributed by atoms with van der Waals surface area (Å²) in [6.45, 7) is 2.13. The molecular formula is C15H13ClO2. The van der Waals surface area contributed by atoms with E-state index in [9.17, 15) is 4.79 Å². The molecule has 0 amide bonds. The molecule has 0 N–H and O–H groups in total. The van der Waals surface area contributed by atoms with Gasteiger partial charge in [-0.05, 0) is 30.2 Å². The highest BCUT2D eigenvalue weighted by Crippen LogP contribution is 2.17. The Kier molecular flexibility index (Phi) is 4.00. The Bertz CT molecular complexity index is 550. The van der Waals surface area contributed by atoms with Crippen LogP contribution in [0, 0.1) is 6.92 Å². The van der Waals surface area contributed by atoms with E-state index >= 15 is 0 Å². The van der Waals surface area contributed by atoms with E-state index < -0.39 is 0 Å². The number of benzene rings is 2. The monoisotopic (exact) mass is 260 g/mol. The van der Waals surface area contributed by atoms with E-state index in [0.29, 0.717) is 10.6 Å². The summed E-state index contributed by atoms with van der Waals surface area (Å²) in [5.74, 6) is -0.348. The zero-order valence-corrected chi connectivity index (χ0v) is 10.8. The summed E-state index contributed by atoms with van der Waals surface area (Å²) in [5.41, 5.74) is 2.33. The summed E-state index contributed by atoms with van der Waals surface area (Å²) in [6.07, 6.45) is 0. The van der Waals surface area contributed by atoms with Gasteiger partial charge in [-0.3, -0.25) is 0 Å². The van der Waals surface area contributed by atoms with Gasteiger partial charge >= 0.3 is 5.97 Å². The SMILES string of the molecule is Cc1ccc(Cl)cc1C(=O)OCc1ccccc1. The molecule has 0 aromatic heterocycles. The van der Waals surface area contributed by atoms with Gasteiger partial charge in [-0.25, -0.2) is 4.79 Å². The average molecular weight is 261 g/mol. The number of aryl methyl sites for hydroxylation is 1. The van der Waals surface area contributed by atoms with Crippen LogP contribution in [0.15, 0.2) is 48.5 Å². The van der Waals surface area contributed by atoms with Gasteiger partial charge in [0.2, 0.25) is 0 Å². The van der Waals surface area contributed by atoms with Gasteiger partial charge in [-0.2, -0.15) is 0 Å². The quantitative estimate of drug-likeness (QED) is 0.780. The molecular weight excluding hydrogens is 248 g/mol. The summed E-state index contributed by atoms with van der Waals surface area (Å²) < 4.78 is 5.25. The first-order valence-electron chi connectivity index (χ1n) is 5.64. The molecule has 0 aliphatic rings. The number of halogens is 1. The van der Waals surface area contributed by atoms with Crippen molar-refractivity contribution in [1.29, 1.82) is 0 Å². The number of rotatable bonds is 3. The Morgan fingerprint density at radius 3 is 2.61 bits per heavy atom. The molecule has 0 saturated heterocycles. The zero-order valence-electron chi connectivity index (χ0n) is 10.0. The Hall–Kier alpha value is -1.80. The second-order valence-corrected chi connectivity index (χ2v) is 4.46. The molecule has 0 unspecified atom stereocenters. The first kappa shape index (κ1) is 12.7. The van der Waals surface area contributed by atoms with Crippen molar-refractivity contribution in [2.24, 2.45) is 0 Å². The van der Waals surface area contributed by atoms with Crippen LogP contribution in [0.2, 0.25) is 5.02 Å². The van der Waals surface area contributed by atoms with Crippen molar-refractivity contribution in [2.75, 3.05) is 0 Å². The Labute approximate surface area is 111 Å². The largest absolute Gasteiger partial charge is 0.457 e. The highest BCUT2D eigenvalue weighted by Gasteiger charge is 2.11. The van der Waals surface area contributed by atoms with Gasteiger partial charge in [0, 0.05) is 5.02 Å². The van der Waals surface area contributed by atoms with Gasteiger partial charge < -0.3 is 4.74 Å². The highest BCUT2D eigenvalue weighted by molar-refractivity contribution is 6.31. The molecule has 0 atom stereocenters. The Morgan fingerprint density at radius 1 is 1.17 bits per heavy atom. The highest BCUT2D eigenvalue weighted by atomic mass is 35.5. The van der Waals surface area contributed by atoms with Gasteiger partial charge in [-0.15, -0.1) is 0 Å². The minimum atomic E-state index is -0.348. The van der Waals surface area contributed by atoms with Gasteiger partial charge in [-0.1, -0.05) is 48.0 Å². The van der Waals surface area contributed by atoms with Crippen molar-refractivity contribution in [3.63, 3.8) is 0 Å². The molecule has 18 heavy (non-hydrogen) atoms. The molecule has 0 aliphatic heterocycles. The molecule has 0 radical (unpaired) electrons. The van der Waals surface area contributed by atoms with E-state index in [1.165, 1.54) is 0 Å². The van der Waals surface area contributed by atoms with Crippen LogP contribution in [0.3, 0.4) is 0 Å². The van der Waals surface area contributed by atoms with Crippen LogP contribution in [-0.4, -0.2) is 5.97 Å². The maximum Gasteiger partial charge on any atom is 0.338 e. The maximum atomic E-state index is 11.9. The van der Waals surface area contributed by atoms with Gasteiger partial charge in [0.15, 0.2) is 0 Å². The standard InChI is InChI=1S/C15H13ClO2/c1-11-7-8-13(16)9-14(11)15(17)18-10-12-5-3-2-4-6-12/h2-9H,10H2,1H3. The van der Waals surface area contributed by atoms with Gasteiger partial charge in [0.1, 0.15) is 6.61 Å². The molecule has 0 spiro atoms. The van der Waals surface area contributed by atoms with Crippen LogP contribution >= 0.6 is 11.6 Å². The van der Waals surface area contributed by atoms with Crippen LogP contribution < -0.4 is 0 Å². The fourth-order valence-corrected chi connectivity index (χ4v) is 1.79. The van der Waals surface area contributed by atoms with Gasteiger partial charge in [0.05, 0.1) is 5.56 Å². The third-order valence-corrected chi connectivity index (χ3v) is 2.87. The number of hydrogen-bond acceptors (Lipinski definition) is 2. The minimum absolute atomic E-state index is 0.269. The van der Waals surface area contributed by atoms with Crippen molar-refractivity contribution < 1.29 is 9.53 Å². The zero-order chi connectivity index (χ0) is 13.0. The third-order valence-electron chi connectivity index (χ3n) is 2.63. The number of carbonyl (C=O) groups excluding carboxylic acids is 1. The fourth-order valence-electron chi connectivity index (χ4n) is 1.62. The Balaban J connectivity index is 2.06. The fraction of sp³-hybridized carbons (Fsp3) is 0.133. The van der Waals surface area contributed by atoms with E-state index in [1.54, 1.807) is 18.2 Å². The summed E-state index contributed by atoms with van der Waals surface area (Å²) in [5, 5.41) is 0.535. The van der Waals surface area contributed by atoms with E-state index in [2.05, 4.69) is 0 Å². The van der Waals surface area contributed by atoms with Crippen LogP contribution in [0.4, 0.5) is 0 Å². The maximum absolute atomic E-state index is 11.9. The van der Waals surface area contributed by atoms with Crippen LogP contribution in [0.1, 0.15) is 21.5 Å². The summed E-state index contributed by atoms with van der Waals surface area (Å²) in [4.78, 5) is 11.9. The molecule has 0 saturated carbocycles. The molecule has 0 aliphatic carbocycles. The van der Waals surface area contributed by atoms with E-state index in [1.807, 2.05) is 37.3 Å². The van der Waals surface area contributed by atoms with Crippen molar-refractivity contribution in [2.45, 2.75) is 13.5 Å². The van der Waals surface area contributed by atoms with Crippen LogP contribution in [-0.2, 0) is 11.3 Å². The molecule has 0 heterocycles. The summed E-state index contributed by atoms with van der Waals surface area (Å²) in [6, 6.07) is 14.8. The number of esters is 1. The van der Waals surface area contributed by atoms with Crippen molar-refractivity contribution >= 4 is 17.6 Å². The lowest BCUT2D eigenvalue weighted by Crippen LogP contribution is -2.07. The first-order chi connectivity index (χ1) is 8.66. The topological polar surface area (TPSA) is 26.3 Å². The minimum Gasteiger partial charge on any atom is -0.457 e. The molecule has 2 rings (SSSR count). The predicted octanol–water partition coefficient (Wildman–Crippen LogP) is 4.01.